The van der Waals surface area contributed by atoms with E-state index in [-0.39, 0.29) is 5.78 Å². The Hall–Kier alpha value is -2.15. The van der Waals surface area contributed by atoms with Gasteiger partial charge in [-0.15, -0.1) is 0 Å². The van der Waals surface area contributed by atoms with E-state index in [2.05, 4.69) is 11.1 Å². The maximum Gasteiger partial charge on any atom is 0.183 e. The molecule has 1 aliphatic rings. The van der Waals surface area contributed by atoms with E-state index < -0.39 is 5.41 Å². The second kappa shape index (κ2) is 3.67. The van der Waals surface area contributed by atoms with Gasteiger partial charge in [0.05, 0.1) is 23.4 Å². The van der Waals surface area contributed by atoms with Gasteiger partial charge in [-0.25, -0.2) is 4.98 Å². The highest BCUT2D eigenvalue weighted by molar-refractivity contribution is 6.04. The normalized spacial score (nSPS) is 17.1. The van der Waals surface area contributed by atoms with Gasteiger partial charge in [-0.05, 0) is 37.5 Å². The standard InChI is InChI=1S/C14H13N3O/c1-17-9-16-11-7-10(3-4-12(11)17)13(18)14(8-15)5-2-6-14/h3-4,7,9H,2,5-6H2,1H3. The third-order valence-electron chi connectivity index (χ3n) is 3.84. The summed E-state index contributed by atoms with van der Waals surface area (Å²) in [4.78, 5) is 16.6. The number of Topliss-reactive ketones (excluding diaryl/α,β-unsaturated/α-hetero) is 1. The highest BCUT2D eigenvalue weighted by Crippen LogP contribution is 2.43. The number of carbonyl (C=O) groups is 1. The molecule has 0 saturated heterocycles. The van der Waals surface area contributed by atoms with Crippen LogP contribution in [0.4, 0.5) is 0 Å². The Morgan fingerprint density at radius 1 is 1.50 bits per heavy atom. The first kappa shape index (κ1) is 11.0. The highest BCUT2D eigenvalue weighted by atomic mass is 16.1. The summed E-state index contributed by atoms with van der Waals surface area (Å²) < 4.78 is 1.91. The Morgan fingerprint density at radius 2 is 2.28 bits per heavy atom. The van der Waals surface area contributed by atoms with E-state index in [4.69, 9.17) is 0 Å². The molecule has 3 rings (SSSR count). The number of nitrogens with zero attached hydrogens (tertiary/aromatic N) is 3. The monoisotopic (exact) mass is 239 g/mol. The molecule has 0 aliphatic heterocycles. The van der Waals surface area contributed by atoms with Crippen LogP contribution < -0.4 is 0 Å². The van der Waals surface area contributed by atoms with Gasteiger partial charge in [0.1, 0.15) is 5.41 Å². The molecule has 0 N–H and O–H groups in total. The lowest BCUT2D eigenvalue weighted by Crippen LogP contribution is -2.36. The number of ketones is 1. The Kier molecular flexibility index (Phi) is 2.24. The highest BCUT2D eigenvalue weighted by Gasteiger charge is 2.44. The van der Waals surface area contributed by atoms with Gasteiger partial charge >= 0.3 is 0 Å². The van der Waals surface area contributed by atoms with Crippen LogP contribution in [-0.4, -0.2) is 15.3 Å². The van der Waals surface area contributed by atoms with Crippen molar-refractivity contribution in [1.29, 1.82) is 5.26 Å². The number of aromatic nitrogens is 2. The van der Waals surface area contributed by atoms with Crippen molar-refractivity contribution in [3.63, 3.8) is 0 Å². The minimum atomic E-state index is -0.775. The zero-order valence-corrected chi connectivity index (χ0v) is 10.2. The summed E-state index contributed by atoms with van der Waals surface area (Å²) in [5.41, 5.74) is 1.62. The summed E-state index contributed by atoms with van der Waals surface area (Å²) in [7, 11) is 1.92. The van der Waals surface area contributed by atoms with Crippen LogP contribution in [0, 0.1) is 16.7 Å². The summed E-state index contributed by atoms with van der Waals surface area (Å²) in [5.74, 6) is -0.0520. The van der Waals surface area contributed by atoms with E-state index >= 15 is 0 Å². The largest absolute Gasteiger partial charge is 0.334 e. The quantitative estimate of drug-likeness (QED) is 0.756. The molecule has 1 heterocycles. The predicted octanol–water partition coefficient (Wildman–Crippen LogP) is 2.45. The number of fused-ring (bicyclic) bond motifs is 1. The van der Waals surface area contributed by atoms with Crippen molar-refractivity contribution in [2.24, 2.45) is 12.5 Å². The molecule has 90 valence electrons. The van der Waals surface area contributed by atoms with Crippen LogP contribution in [-0.2, 0) is 7.05 Å². The minimum Gasteiger partial charge on any atom is -0.334 e. The van der Waals surface area contributed by atoms with Gasteiger partial charge < -0.3 is 4.57 Å². The van der Waals surface area contributed by atoms with Gasteiger partial charge in [-0.2, -0.15) is 5.26 Å². The fraction of sp³-hybridized carbons (Fsp3) is 0.357. The zero-order chi connectivity index (χ0) is 12.8. The first-order valence-corrected chi connectivity index (χ1v) is 6.03. The smallest absolute Gasteiger partial charge is 0.183 e. The van der Waals surface area contributed by atoms with E-state index in [9.17, 15) is 10.1 Å². The summed E-state index contributed by atoms with van der Waals surface area (Å²) in [6.07, 6.45) is 4.05. The van der Waals surface area contributed by atoms with Crippen LogP contribution in [0.25, 0.3) is 11.0 Å². The molecule has 4 heteroatoms. The fourth-order valence-electron chi connectivity index (χ4n) is 2.47. The van der Waals surface area contributed by atoms with Crippen LogP contribution in [0.2, 0.25) is 0 Å². The molecule has 0 unspecified atom stereocenters. The molecule has 0 amide bonds. The predicted molar refractivity (Wildman–Crippen MR) is 66.9 cm³/mol. The molecule has 2 aromatic rings. The van der Waals surface area contributed by atoms with Crippen molar-refractivity contribution in [3.05, 3.63) is 30.1 Å². The van der Waals surface area contributed by atoms with E-state index in [0.717, 1.165) is 17.5 Å². The van der Waals surface area contributed by atoms with Gasteiger partial charge in [-0.3, -0.25) is 4.79 Å². The van der Waals surface area contributed by atoms with Gasteiger partial charge in [0.15, 0.2) is 5.78 Å². The number of hydrogen-bond acceptors (Lipinski definition) is 3. The number of benzene rings is 1. The average molecular weight is 239 g/mol. The number of imidazole rings is 1. The van der Waals surface area contributed by atoms with Crippen LogP contribution >= 0.6 is 0 Å². The molecular weight excluding hydrogens is 226 g/mol. The number of carbonyl (C=O) groups excluding carboxylic acids is 1. The lowest BCUT2D eigenvalue weighted by Gasteiger charge is -2.33. The Balaban J connectivity index is 2.05. The molecule has 4 nitrogen and oxygen atoms in total. The van der Waals surface area contributed by atoms with Crippen molar-refractivity contribution in [3.8, 4) is 6.07 Å². The van der Waals surface area contributed by atoms with Crippen molar-refractivity contribution < 1.29 is 4.79 Å². The third-order valence-corrected chi connectivity index (χ3v) is 3.84. The molecule has 0 bridgehead atoms. The molecule has 0 atom stereocenters. The van der Waals surface area contributed by atoms with Gasteiger partial charge in [0, 0.05) is 12.6 Å². The van der Waals surface area contributed by atoms with Crippen LogP contribution in [0.5, 0.6) is 0 Å². The zero-order valence-electron chi connectivity index (χ0n) is 10.2. The summed E-state index contributed by atoms with van der Waals surface area (Å²) in [5, 5.41) is 9.20. The van der Waals surface area contributed by atoms with E-state index in [1.165, 1.54) is 0 Å². The molecule has 1 fully saturated rings. The van der Waals surface area contributed by atoms with E-state index in [1.54, 1.807) is 18.5 Å². The lowest BCUT2D eigenvalue weighted by atomic mass is 9.65. The van der Waals surface area contributed by atoms with Crippen LogP contribution in [0.15, 0.2) is 24.5 Å². The van der Waals surface area contributed by atoms with Crippen LogP contribution in [0.1, 0.15) is 29.6 Å². The van der Waals surface area contributed by atoms with E-state index in [1.807, 2.05) is 17.7 Å². The van der Waals surface area contributed by atoms with Gasteiger partial charge in [0.25, 0.3) is 0 Å². The second-order valence-corrected chi connectivity index (χ2v) is 4.94. The van der Waals surface area contributed by atoms with Gasteiger partial charge in [0.2, 0.25) is 0 Å². The fourth-order valence-corrected chi connectivity index (χ4v) is 2.47. The average Bonchev–Trinajstić information content (AvgIpc) is 2.70. The lowest BCUT2D eigenvalue weighted by molar-refractivity contribution is 0.0748. The molecule has 1 saturated carbocycles. The molecule has 0 spiro atoms. The minimum absolute atomic E-state index is 0.0520. The maximum atomic E-state index is 12.4. The second-order valence-electron chi connectivity index (χ2n) is 4.94. The third kappa shape index (κ3) is 1.37. The summed E-state index contributed by atoms with van der Waals surface area (Å²) in [6.45, 7) is 0. The van der Waals surface area contributed by atoms with Crippen molar-refractivity contribution in [2.45, 2.75) is 19.3 Å². The summed E-state index contributed by atoms with van der Waals surface area (Å²) >= 11 is 0. The van der Waals surface area contributed by atoms with Crippen LogP contribution in [0.3, 0.4) is 0 Å². The SMILES string of the molecule is Cn1cnc2cc(C(=O)C3(C#N)CCC3)ccc21. The Labute approximate surface area is 105 Å². The first-order chi connectivity index (χ1) is 8.66. The maximum absolute atomic E-state index is 12.4. The Morgan fingerprint density at radius 3 is 2.89 bits per heavy atom. The molecule has 1 aliphatic carbocycles. The molecular formula is C14H13N3O. The van der Waals surface area contributed by atoms with Gasteiger partial charge in [-0.1, -0.05) is 0 Å². The summed E-state index contributed by atoms with van der Waals surface area (Å²) in [6, 6.07) is 7.66. The first-order valence-electron chi connectivity index (χ1n) is 6.03. The molecule has 1 aromatic carbocycles. The Bertz CT molecular complexity index is 674. The molecule has 1 aromatic heterocycles. The number of nitriles is 1. The van der Waals surface area contributed by atoms with Crippen molar-refractivity contribution >= 4 is 16.8 Å². The van der Waals surface area contributed by atoms with Crippen molar-refractivity contribution in [1.82, 2.24) is 9.55 Å². The molecule has 0 radical (unpaired) electrons. The number of hydrogen-bond donors (Lipinski definition) is 0. The topological polar surface area (TPSA) is 58.7 Å². The number of aryl methyl sites for hydroxylation is 1. The van der Waals surface area contributed by atoms with E-state index in [0.29, 0.717) is 18.4 Å². The molecule has 18 heavy (non-hydrogen) atoms. The number of rotatable bonds is 2. The van der Waals surface area contributed by atoms with Crippen molar-refractivity contribution in [2.75, 3.05) is 0 Å².